The zero-order chi connectivity index (χ0) is 17.6. The number of ketones is 1. The molecule has 2 aliphatic heterocycles. The van der Waals surface area contributed by atoms with E-state index in [9.17, 15) is 15.0 Å². The van der Waals surface area contributed by atoms with Crippen molar-refractivity contribution in [2.45, 2.75) is 18.6 Å². The van der Waals surface area contributed by atoms with E-state index in [-0.39, 0.29) is 48.2 Å². The molecular weight excluding hydrogens is 328 g/mol. The zero-order valence-electron chi connectivity index (χ0n) is 13.1. The lowest BCUT2D eigenvalue weighted by Gasteiger charge is -2.28. The van der Waals surface area contributed by atoms with Crippen LogP contribution in [0.25, 0.3) is 0 Å². The molecule has 2 heterocycles. The molecule has 0 bridgehead atoms. The highest BCUT2D eigenvalue weighted by Crippen LogP contribution is 2.43. The smallest absolute Gasteiger partial charge is 0.174 e. The number of carbonyl (C=O) groups excluding carboxylic acids is 1. The van der Waals surface area contributed by atoms with Crippen molar-refractivity contribution < 1.29 is 34.3 Å². The SMILES string of the molecule is O=C1C[C@H](c2ccc3c(c2)OC[C@@H](CO)O3)Oc2cc(O)cc(O)c21. The number of aromatic hydroxyl groups is 2. The Kier molecular flexibility index (Phi) is 3.65. The third kappa shape index (κ3) is 2.72. The molecule has 2 aromatic rings. The zero-order valence-corrected chi connectivity index (χ0v) is 13.1. The van der Waals surface area contributed by atoms with Crippen LogP contribution in [0.4, 0.5) is 0 Å². The van der Waals surface area contributed by atoms with Crippen LogP contribution in [0.5, 0.6) is 28.7 Å². The summed E-state index contributed by atoms with van der Waals surface area (Å²) in [5.74, 6) is 0.445. The van der Waals surface area contributed by atoms with Crippen molar-refractivity contribution in [2.24, 2.45) is 0 Å². The van der Waals surface area contributed by atoms with E-state index in [0.29, 0.717) is 17.1 Å². The molecule has 2 aliphatic rings. The molecule has 0 spiro atoms. The lowest BCUT2D eigenvalue weighted by Crippen LogP contribution is -2.32. The van der Waals surface area contributed by atoms with Crippen LogP contribution in [0.2, 0.25) is 0 Å². The maximum atomic E-state index is 12.4. The Morgan fingerprint density at radius 1 is 1.04 bits per heavy atom. The van der Waals surface area contributed by atoms with Crippen molar-refractivity contribution in [3.05, 3.63) is 41.5 Å². The average Bonchev–Trinajstić information content (AvgIpc) is 2.59. The standard InChI is InChI=1S/C18H16O7/c19-7-11-8-23-16-3-9(1-2-14(16)24-11)15-6-13(22)18-12(21)4-10(20)5-17(18)25-15/h1-5,11,15,19-21H,6-8H2/t11-,15-/m1/s1. The highest BCUT2D eigenvalue weighted by Gasteiger charge is 2.32. The summed E-state index contributed by atoms with van der Waals surface area (Å²) in [4.78, 5) is 12.4. The first-order valence-electron chi connectivity index (χ1n) is 7.85. The van der Waals surface area contributed by atoms with Gasteiger partial charge in [0.25, 0.3) is 0 Å². The number of hydrogen-bond acceptors (Lipinski definition) is 7. The normalized spacial score (nSPS) is 21.4. The number of ether oxygens (including phenoxy) is 3. The molecule has 0 saturated heterocycles. The Morgan fingerprint density at radius 2 is 1.88 bits per heavy atom. The summed E-state index contributed by atoms with van der Waals surface area (Å²) in [5.41, 5.74) is 0.795. The number of rotatable bonds is 2. The first-order chi connectivity index (χ1) is 12.0. The van der Waals surface area contributed by atoms with Crippen LogP contribution in [-0.4, -0.2) is 40.4 Å². The molecule has 2 atom stereocenters. The summed E-state index contributed by atoms with van der Waals surface area (Å²) in [7, 11) is 0. The van der Waals surface area contributed by atoms with Crippen molar-refractivity contribution in [3.8, 4) is 28.7 Å². The predicted octanol–water partition coefficient (Wildman–Crippen LogP) is 1.94. The monoisotopic (exact) mass is 344 g/mol. The van der Waals surface area contributed by atoms with Crippen molar-refractivity contribution >= 4 is 5.78 Å². The van der Waals surface area contributed by atoms with E-state index >= 15 is 0 Å². The maximum Gasteiger partial charge on any atom is 0.174 e. The fourth-order valence-corrected chi connectivity index (χ4v) is 3.03. The second-order valence-electron chi connectivity index (χ2n) is 6.01. The maximum absolute atomic E-state index is 12.4. The van der Waals surface area contributed by atoms with Crippen molar-refractivity contribution in [1.82, 2.24) is 0 Å². The molecular formula is C18H16O7. The Morgan fingerprint density at radius 3 is 2.68 bits per heavy atom. The van der Waals surface area contributed by atoms with Gasteiger partial charge in [-0.05, 0) is 17.7 Å². The van der Waals surface area contributed by atoms with Gasteiger partial charge in [-0.15, -0.1) is 0 Å². The quantitative estimate of drug-likeness (QED) is 0.764. The van der Waals surface area contributed by atoms with Crippen LogP contribution in [0, 0.1) is 0 Å². The summed E-state index contributed by atoms with van der Waals surface area (Å²) in [5, 5.41) is 28.6. The molecule has 0 fully saturated rings. The van der Waals surface area contributed by atoms with Crippen molar-refractivity contribution in [3.63, 3.8) is 0 Å². The minimum atomic E-state index is -0.564. The molecule has 0 unspecified atom stereocenters. The molecule has 25 heavy (non-hydrogen) atoms. The molecule has 0 aliphatic carbocycles. The molecule has 0 amide bonds. The highest BCUT2D eigenvalue weighted by atomic mass is 16.6. The summed E-state index contributed by atoms with van der Waals surface area (Å²) < 4.78 is 17.0. The topological polar surface area (TPSA) is 105 Å². The number of carbonyl (C=O) groups is 1. The number of phenolic OH excluding ortho intramolecular Hbond substituents is 2. The minimum absolute atomic E-state index is 0.0598. The van der Waals surface area contributed by atoms with Gasteiger partial charge >= 0.3 is 0 Å². The van der Waals surface area contributed by atoms with Gasteiger partial charge in [-0.25, -0.2) is 0 Å². The number of aliphatic hydroxyl groups excluding tert-OH is 1. The van der Waals surface area contributed by atoms with Gasteiger partial charge in [0.2, 0.25) is 0 Å². The molecule has 7 heteroatoms. The molecule has 3 N–H and O–H groups in total. The second kappa shape index (κ2) is 5.86. The Bertz CT molecular complexity index is 846. The van der Waals surface area contributed by atoms with E-state index in [0.717, 1.165) is 6.07 Å². The summed E-state index contributed by atoms with van der Waals surface area (Å²) >= 11 is 0. The predicted molar refractivity (Wildman–Crippen MR) is 85.5 cm³/mol. The van der Waals surface area contributed by atoms with Crippen molar-refractivity contribution in [1.29, 1.82) is 0 Å². The van der Waals surface area contributed by atoms with Crippen LogP contribution in [0.15, 0.2) is 30.3 Å². The van der Waals surface area contributed by atoms with E-state index < -0.39 is 12.2 Å². The first kappa shape index (κ1) is 15.6. The van der Waals surface area contributed by atoms with Gasteiger partial charge < -0.3 is 29.5 Å². The van der Waals surface area contributed by atoms with Crippen molar-refractivity contribution in [2.75, 3.05) is 13.2 Å². The largest absolute Gasteiger partial charge is 0.508 e. The highest BCUT2D eigenvalue weighted by molar-refractivity contribution is 6.02. The molecule has 130 valence electrons. The van der Waals surface area contributed by atoms with Gasteiger partial charge in [-0.1, -0.05) is 6.07 Å². The first-order valence-corrected chi connectivity index (χ1v) is 7.85. The van der Waals surface area contributed by atoms with Gasteiger partial charge in [0, 0.05) is 12.1 Å². The van der Waals surface area contributed by atoms with E-state index in [4.69, 9.17) is 19.3 Å². The van der Waals surface area contributed by atoms with E-state index in [1.807, 2.05) is 0 Å². The van der Waals surface area contributed by atoms with Gasteiger partial charge in [0.1, 0.15) is 35.5 Å². The number of hydrogen-bond donors (Lipinski definition) is 3. The third-order valence-electron chi connectivity index (χ3n) is 4.25. The van der Waals surface area contributed by atoms with E-state index in [1.165, 1.54) is 6.07 Å². The summed E-state index contributed by atoms with van der Waals surface area (Å²) in [6.07, 6.45) is -0.904. The summed E-state index contributed by atoms with van der Waals surface area (Å²) in [6, 6.07) is 7.61. The van der Waals surface area contributed by atoms with E-state index in [2.05, 4.69) is 0 Å². The summed E-state index contributed by atoms with van der Waals surface area (Å²) in [6.45, 7) is 0.104. The van der Waals surface area contributed by atoms with Crippen LogP contribution in [0.1, 0.15) is 28.4 Å². The average molecular weight is 344 g/mol. The van der Waals surface area contributed by atoms with Gasteiger partial charge in [-0.2, -0.15) is 0 Å². The molecule has 2 aromatic carbocycles. The molecule has 0 saturated carbocycles. The third-order valence-corrected chi connectivity index (χ3v) is 4.25. The molecule has 0 aromatic heterocycles. The fourth-order valence-electron chi connectivity index (χ4n) is 3.03. The minimum Gasteiger partial charge on any atom is -0.508 e. The Balaban J connectivity index is 1.64. The number of fused-ring (bicyclic) bond motifs is 2. The Labute approximate surface area is 143 Å². The van der Waals surface area contributed by atoms with Crippen LogP contribution < -0.4 is 14.2 Å². The molecule has 0 radical (unpaired) electrons. The lowest BCUT2D eigenvalue weighted by molar-refractivity contribution is 0.0452. The van der Waals surface area contributed by atoms with Crippen LogP contribution >= 0.6 is 0 Å². The van der Waals surface area contributed by atoms with E-state index in [1.54, 1.807) is 18.2 Å². The Hall–Kier alpha value is -2.93. The van der Waals surface area contributed by atoms with Gasteiger partial charge in [0.15, 0.2) is 23.4 Å². The number of phenols is 2. The van der Waals surface area contributed by atoms with Gasteiger partial charge in [-0.3, -0.25) is 4.79 Å². The van der Waals surface area contributed by atoms with Crippen LogP contribution in [0.3, 0.4) is 0 Å². The van der Waals surface area contributed by atoms with Crippen LogP contribution in [-0.2, 0) is 0 Å². The lowest BCUT2D eigenvalue weighted by atomic mass is 9.95. The number of Topliss-reactive ketones (excluding diaryl/α,β-unsaturated/α-hetero) is 1. The number of aliphatic hydroxyl groups is 1. The second-order valence-corrected chi connectivity index (χ2v) is 6.01. The number of benzene rings is 2. The molecule has 7 nitrogen and oxygen atoms in total. The van der Waals surface area contributed by atoms with Gasteiger partial charge in [0.05, 0.1) is 13.0 Å². The fraction of sp³-hybridized carbons (Fsp3) is 0.278. The molecule has 4 rings (SSSR count).